The Balaban J connectivity index is 1.96. The minimum Gasteiger partial charge on any atom is -0.301 e. The van der Waals surface area contributed by atoms with Crippen LogP contribution in [0.1, 0.15) is 0 Å². The van der Waals surface area contributed by atoms with Gasteiger partial charge in [-0.2, -0.15) is 0 Å². The molecule has 0 aliphatic carbocycles. The largest absolute Gasteiger partial charge is 0.301 e. The first kappa shape index (κ1) is 11.8. The summed E-state index contributed by atoms with van der Waals surface area (Å²) in [6.07, 6.45) is 6.48. The molecule has 6 nitrogen and oxygen atoms in total. The van der Waals surface area contributed by atoms with Gasteiger partial charge in [-0.3, -0.25) is 0 Å². The van der Waals surface area contributed by atoms with Gasteiger partial charge in [-0.05, 0) is 34.2 Å². The molecule has 86 valence electrons. The summed E-state index contributed by atoms with van der Waals surface area (Å²) in [6.45, 7) is 0. The Labute approximate surface area is 111 Å². The summed E-state index contributed by atoms with van der Waals surface area (Å²) in [5.41, 5.74) is 0. The second-order valence-corrected chi connectivity index (χ2v) is 4.20. The predicted octanol–water partition coefficient (Wildman–Crippen LogP) is 1.84. The maximum absolute atomic E-state index is 5.06. The number of anilines is 2. The molecule has 2 N–H and O–H groups in total. The van der Waals surface area contributed by atoms with Crippen molar-refractivity contribution in [2.24, 2.45) is 0 Å². The van der Waals surface area contributed by atoms with Gasteiger partial charge in [0.25, 0.3) is 0 Å². The molecule has 2 heterocycles. The number of rotatable bonds is 2. The average molecular weight is 311 g/mol. The van der Waals surface area contributed by atoms with Gasteiger partial charge in [0, 0.05) is 24.8 Å². The summed E-state index contributed by atoms with van der Waals surface area (Å²) >= 11 is 8.30. The topological polar surface area (TPSA) is 75.6 Å². The van der Waals surface area contributed by atoms with Gasteiger partial charge >= 0.3 is 0 Å². The Morgan fingerprint density at radius 1 is 1.00 bits per heavy atom. The van der Waals surface area contributed by atoms with E-state index in [-0.39, 0.29) is 0 Å². The summed E-state index contributed by atoms with van der Waals surface area (Å²) < 4.78 is 0.799. The van der Waals surface area contributed by atoms with E-state index in [1.54, 1.807) is 30.9 Å². The summed E-state index contributed by atoms with van der Waals surface area (Å²) in [7, 11) is 0. The Morgan fingerprint density at radius 2 is 1.53 bits per heavy atom. The van der Waals surface area contributed by atoms with Gasteiger partial charge in [0.1, 0.15) is 0 Å². The lowest BCUT2D eigenvalue weighted by molar-refractivity contribution is 1.15. The van der Waals surface area contributed by atoms with Crippen LogP contribution in [-0.4, -0.2) is 25.0 Å². The van der Waals surface area contributed by atoms with Crippen LogP contribution in [0.2, 0.25) is 0 Å². The van der Waals surface area contributed by atoms with Crippen molar-refractivity contribution in [1.29, 1.82) is 0 Å². The Morgan fingerprint density at radius 3 is 2.12 bits per heavy atom. The zero-order chi connectivity index (χ0) is 12.1. The highest BCUT2D eigenvalue weighted by atomic mass is 79.9. The standard InChI is InChI=1S/C9H7BrN6S/c10-6-4-13-8(14-5-6)16-9(17)15-7-11-2-1-3-12-7/h1-5H,(H2,11,12,13,14,15,16,17). The predicted molar refractivity (Wildman–Crippen MR) is 71.6 cm³/mol. The van der Waals surface area contributed by atoms with Gasteiger partial charge in [-0.25, -0.2) is 19.9 Å². The lowest BCUT2D eigenvalue weighted by Gasteiger charge is -2.06. The molecule has 0 bridgehead atoms. The molecule has 17 heavy (non-hydrogen) atoms. The highest BCUT2D eigenvalue weighted by Crippen LogP contribution is 2.07. The number of nitrogens with zero attached hydrogens (tertiary/aromatic N) is 4. The molecule has 0 fully saturated rings. The molecule has 0 atom stereocenters. The summed E-state index contributed by atoms with van der Waals surface area (Å²) in [5, 5.41) is 5.96. The molecule has 0 saturated heterocycles. The van der Waals surface area contributed by atoms with E-state index in [4.69, 9.17) is 12.2 Å². The Bertz CT molecular complexity index is 503. The van der Waals surface area contributed by atoms with Crippen LogP contribution < -0.4 is 10.6 Å². The molecule has 0 aliphatic heterocycles. The quantitative estimate of drug-likeness (QED) is 0.820. The van der Waals surface area contributed by atoms with Crippen LogP contribution in [0.5, 0.6) is 0 Å². The maximum atomic E-state index is 5.06. The first-order valence-corrected chi connectivity index (χ1v) is 5.77. The van der Waals surface area contributed by atoms with Crippen LogP contribution in [0.25, 0.3) is 0 Å². The summed E-state index contributed by atoms with van der Waals surface area (Å²) in [4.78, 5) is 16.0. The normalized spacial score (nSPS) is 9.71. The lowest BCUT2D eigenvalue weighted by Crippen LogP contribution is -2.21. The number of thiocarbonyl (C=S) groups is 1. The lowest BCUT2D eigenvalue weighted by atomic mass is 10.6. The van der Waals surface area contributed by atoms with Gasteiger partial charge in [0.05, 0.1) is 4.47 Å². The van der Waals surface area contributed by atoms with Crippen molar-refractivity contribution in [3.05, 3.63) is 35.3 Å². The van der Waals surface area contributed by atoms with Crippen LogP contribution >= 0.6 is 28.1 Å². The van der Waals surface area contributed by atoms with Crippen molar-refractivity contribution in [3.8, 4) is 0 Å². The van der Waals surface area contributed by atoms with E-state index in [0.29, 0.717) is 17.0 Å². The second kappa shape index (κ2) is 5.60. The highest BCUT2D eigenvalue weighted by molar-refractivity contribution is 9.10. The molecule has 0 radical (unpaired) electrons. The first-order valence-electron chi connectivity index (χ1n) is 4.56. The van der Waals surface area contributed by atoms with E-state index in [2.05, 4.69) is 46.5 Å². The van der Waals surface area contributed by atoms with Gasteiger partial charge in [-0.15, -0.1) is 0 Å². The molecular weight excluding hydrogens is 304 g/mol. The van der Waals surface area contributed by atoms with Gasteiger partial charge in [0.2, 0.25) is 11.9 Å². The fourth-order valence-corrected chi connectivity index (χ4v) is 1.36. The van der Waals surface area contributed by atoms with E-state index in [1.165, 1.54) is 0 Å². The molecule has 0 unspecified atom stereocenters. The van der Waals surface area contributed by atoms with Gasteiger partial charge in [-0.1, -0.05) is 0 Å². The fourth-order valence-electron chi connectivity index (χ4n) is 0.975. The maximum Gasteiger partial charge on any atom is 0.228 e. The third-order valence-electron chi connectivity index (χ3n) is 1.64. The van der Waals surface area contributed by atoms with E-state index in [0.717, 1.165) is 4.47 Å². The molecule has 0 spiro atoms. The second-order valence-electron chi connectivity index (χ2n) is 2.88. The monoisotopic (exact) mass is 310 g/mol. The van der Waals surface area contributed by atoms with Gasteiger partial charge in [0.15, 0.2) is 5.11 Å². The zero-order valence-corrected chi connectivity index (χ0v) is 10.9. The van der Waals surface area contributed by atoms with Crippen molar-refractivity contribution >= 4 is 45.2 Å². The first-order chi connectivity index (χ1) is 8.24. The van der Waals surface area contributed by atoms with E-state index < -0.39 is 0 Å². The van der Waals surface area contributed by atoms with Crippen molar-refractivity contribution in [3.63, 3.8) is 0 Å². The van der Waals surface area contributed by atoms with E-state index in [9.17, 15) is 0 Å². The van der Waals surface area contributed by atoms with Crippen LogP contribution in [0.15, 0.2) is 35.3 Å². The van der Waals surface area contributed by atoms with Crippen molar-refractivity contribution in [2.75, 3.05) is 10.6 Å². The van der Waals surface area contributed by atoms with Crippen LogP contribution in [-0.2, 0) is 0 Å². The van der Waals surface area contributed by atoms with Gasteiger partial charge < -0.3 is 10.6 Å². The number of hydrogen-bond acceptors (Lipinski definition) is 5. The number of halogens is 1. The zero-order valence-electron chi connectivity index (χ0n) is 8.46. The van der Waals surface area contributed by atoms with E-state index in [1.807, 2.05) is 0 Å². The smallest absolute Gasteiger partial charge is 0.228 e. The SMILES string of the molecule is S=C(Nc1ncccn1)Nc1ncc(Br)cn1. The highest BCUT2D eigenvalue weighted by Gasteiger charge is 2.01. The molecule has 0 amide bonds. The molecule has 0 aromatic carbocycles. The molecule has 2 rings (SSSR count). The van der Waals surface area contributed by atoms with E-state index >= 15 is 0 Å². The van der Waals surface area contributed by atoms with Crippen LogP contribution in [0, 0.1) is 0 Å². The molecular formula is C9H7BrN6S. The minimum absolute atomic E-state index is 0.332. The molecule has 0 saturated carbocycles. The molecule has 0 aliphatic rings. The number of nitrogens with one attached hydrogen (secondary N) is 2. The molecule has 2 aromatic rings. The Hall–Kier alpha value is -1.67. The summed E-state index contributed by atoms with van der Waals surface area (Å²) in [6, 6.07) is 1.72. The third-order valence-corrected chi connectivity index (χ3v) is 2.25. The van der Waals surface area contributed by atoms with Crippen LogP contribution in [0.4, 0.5) is 11.9 Å². The minimum atomic E-state index is 0.332. The van der Waals surface area contributed by atoms with Crippen molar-refractivity contribution in [2.45, 2.75) is 0 Å². The van der Waals surface area contributed by atoms with Crippen molar-refractivity contribution < 1.29 is 0 Å². The Kier molecular flexibility index (Phi) is 3.89. The van der Waals surface area contributed by atoms with Crippen molar-refractivity contribution in [1.82, 2.24) is 19.9 Å². The average Bonchev–Trinajstić information content (AvgIpc) is 2.33. The molecule has 8 heteroatoms. The number of hydrogen-bond donors (Lipinski definition) is 2. The summed E-state index contributed by atoms with van der Waals surface area (Å²) in [5.74, 6) is 0.823. The number of aromatic nitrogens is 4. The van der Waals surface area contributed by atoms with Crippen LogP contribution in [0.3, 0.4) is 0 Å². The fraction of sp³-hybridized carbons (Fsp3) is 0. The third kappa shape index (κ3) is 3.68. The molecule has 2 aromatic heterocycles.